The Bertz CT molecular complexity index is 956. The summed E-state index contributed by atoms with van der Waals surface area (Å²) >= 11 is 9.45. The molecule has 0 aliphatic carbocycles. The van der Waals surface area contributed by atoms with E-state index in [-0.39, 0.29) is 18.9 Å². The van der Waals surface area contributed by atoms with Gasteiger partial charge in [0.25, 0.3) is 5.91 Å². The molecule has 1 aliphatic rings. The third-order valence-electron chi connectivity index (χ3n) is 4.64. The van der Waals surface area contributed by atoms with E-state index in [0.717, 1.165) is 15.6 Å². The Labute approximate surface area is 182 Å². The molecule has 0 spiro atoms. The highest BCUT2D eigenvalue weighted by Gasteiger charge is 2.36. The Morgan fingerprint density at radius 2 is 1.93 bits per heavy atom. The first-order valence-corrected chi connectivity index (χ1v) is 10.2. The van der Waals surface area contributed by atoms with Crippen molar-refractivity contribution in [1.82, 2.24) is 0 Å². The monoisotopic (exact) mass is 478 g/mol. The fourth-order valence-electron chi connectivity index (χ4n) is 3.23. The number of amides is 2. The molecule has 2 amide bonds. The topological polar surface area (TPSA) is 75.7 Å². The Morgan fingerprint density at radius 1 is 1.24 bits per heavy atom. The van der Waals surface area contributed by atoms with Gasteiger partial charge >= 0.3 is 5.97 Å². The number of benzene rings is 2. The van der Waals surface area contributed by atoms with E-state index in [2.05, 4.69) is 21.2 Å². The van der Waals surface area contributed by atoms with Crippen LogP contribution >= 0.6 is 27.5 Å². The molecule has 0 saturated carbocycles. The van der Waals surface area contributed by atoms with Crippen LogP contribution in [-0.2, 0) is 19.1 Å². The molecule has 152 valence electrons. The first-order valence-electron chi connectivity index (χ1n) is 9.03. The molecule has 0 radical (unpaired) electrons. The zero-order valence-electron chi connectivity index (χ0n) is 16.0. The SMILES string of the molecule is Cc1cc(NC(=O)COC(=O)[C@H]2CC(=O)N(c3cccc(Cl)c3)C2)cc(C)c1Br. The maximum Gasteiger partial charge on any atom is 0.311 e. The van der Waals surface area contributed by atoms with Crippen molar-refractivity contribution < 1.29 is 19.1 Å². The number of nitrogens with zero attached hydrogens (tertiary/aromatic N) is 1. The number of carbonyl (C=O) groups is 3. The number of nitrogens with one attached hydrogen (secondary N) is 1. The lowest BCUT2D eigenvalue weighted by molar-refractivity contribution is -0.151. The van der Waals surface area contributed by atoms with Gasteiger partial charge in [-0.3, -0.25) is 14.4 Å². The Hall–Kier alpha value is -2.38. The number of rotatable bonds is 5. The summed E-state index contributed by atoms with van der Waals surface area (Å²) in [5.41, 5.74) is 3.25. The number of carbonyl (C=O) groups excluding carboxylic acids is 3. The number of halogens is 2. The molecule has 0 aromatic heterocycles. The molecular weight excluding hydrogens is 460 g/mol. The normalized spacial score (nSPS) is 16.1. The van der Waals surface area contributed by atoms with E-state index in [4.69, 9.17) is 16.3 Å². The second kappa shape index (κ2) is 8.97. The molecule has 0 unspecified atom stereocenters. The highest BCUT2D eigenvalue weighted by molar-refractivity contribution is 9.10. The fraction of sp³-hybridized carbons (Fsp3) is 0.286. The average molecular weight is 480 g/mol. The van der Waals surface area contributed by atoms with Crippen LogP contribution in [0.4, 0.5) is 11.4 Å². The van der Waals surface area contributed by atoms with Crippen molar-refractivity contribution in [2.45, 2.75) is 20.3 Å². The third kappa shape index (κ3) is 5.16. The zero-order chi connectivity index (χ0) is 21.1. The predicted molar refractivity (Wildman–Crippen MR) is 115 cm³/mol. The van der Waals surface area contributed by atoms with Gasteiger partial charge in [0.1, 0.15) is 0 Å². The van der Waals surface area contributed by atoms with Crippen molar-refractivity contribution in [3.05, 3.63) is 57.0 Å². The lowest BCUT2D eigenvalue weighted by Crippen LogP contribution is -2.28. The van der Waals surface area contributed by atoms with Crippen LogP contribution in [0, 0.1) is 19.8 Å². The predicted octanol–water partition coefficient (Wildman–Crippen LogP) is 4.25. The van der Waals surface area contributed by atoms with Gasteiger partial charge in [0, 0.05) is 33.8 Å². The molecule has 1 atom stereocenters. The summed E-state index contributed by atoms with van der Waals surface area (Å²) in [4.78, 5) is 38.2. The van der Waals surface area contributed by atoms with Crippen molar-refractivity contribution in [1.29, 1.82) is 0 Å². The first kappa shape index (κ1) is 21.3. The summed E-state index contributed by atoms with van der Waals surface area (Å²) in [6.45, 7) is 3.64. The van der Waals surface area contributed by atoms with Crippen LogP contribution in [0.15, 0.2) is 40.9 Å². The fourth-order valence-corrected chi connectivity index (χ4v) is 3.64. The van der Waals surface area contributed by atoms with E-state index in [1.54, 1.807) is 24.3 Å². The van der Waals surface area contributed by atoms with E-state index in [9.17, 15) is 14.4 Å². The van der Waals surface area contributed by atoms with Gasteiger partial charge in [-0.2, -0.15) is 0 Å². The van der Waals surface area contributed by atoms with Crippen molar-refractivity contribution >= 4 is 56.7 Å². The number of hydrogen-bond donors (Lipinski definition) is 1. The lowest BCUT2D eigenvalue weighted by atomic mass is 10.1. The highest BCUT2D eigenvalue weighted by atomic mass is 79.9. The Morgan fingerprint density at radius 3 is 2.59 bits per heavy atom. The summed E-state index contributed by atoms with van der Waals surface area (Å²) in [5, 5.41) is 3.23. The zero-order valence-corrected chi connectivity index (χ0v) is 18.3. The maximum absolute atomic E-state index is 12.3. The minimum Gasteiger partial charge on any atom is -0.455 e. The lowest BCUT2D eigenvalue weighted by Gasteiger charge is -2.16. The van der Waals surface area contributed by atoms with Gasteiger partial charge in [0.15, 0.2) is 6.61 Å². The largest absolute Gasteiger partial charge is 0.455 e. The van der Waals surface area contributed by atoms with Gasteiger partial charge in [-0.05, 0) is 55.3 Å². The van der Waals surface area contributed by atoms with Gasteiger partial charge in [-0.25, -0.2) is 0 Å². The minimum atomic E-state index is -0.619. The summed E-state index contributed by atoms with van der Waals surface area (Å²) in [6.07, 6.45) is 0.0397. The van der Waals surface area contributed by atoms with Crippen LogP contribution in [0.5, 0.6) is 0 Å². The van der Waals surface area contributed by atoms with E-state index in [0.29, 0.717) is 16.4 Å². The van der Waals surface area contributed by atoms with E-state index in [1.165, 1.54) is 4.90 Å². The molecule has 29 heavy (non-hydrogen) atoms. The van der Waals surface area contributed by atoms with Crippen LogP contribution < -0.4 is 10.2 Å². The van der Waals surface area contributed by atoms with Crippen molar-refractivity contribution in [3.63, 3.8) is 0 Å². The quantitative estimate of drug-likeness (QED) is 0.651. The van der Waals surface area contributed by atoms with Gasteiger partial charge in [0.2, 0.25) is 5.91 Å². The smallest absolute Gasteiger partial charge is 0.311 e. The van der Waals surface area contributed by atoms with Crippen LogP contribution in [0.25, 0.3) is 0 Å². The molecule has 2 aromatic carbocycles. The van der Waals surface area contributed by atoms with E-state index in [1.807, 2.05) is 26.0 Å². The second-order valence-corrected chi connectivity index (χ2v) is 8.19. The third-order valence-corrected chi connectivity index (χ3v) is 6.13. The van der Waals surface area contributed by atoms with Crippen LogP contribution in [-0.4, -0.2) is 30.9 Å². The highest BCUT2D eigenvalue weighted by Crippen LogP contribution is 2.28. The van der Waals surface area contributed by atoms with Crippen molar-refractivity contribution in [3.8, 4) is 0 Å². The Balaban J connectivity index is 1.54. The molecule has 1 aliphatic heterocycles. The molecule has 1 fully saturated rings. The maximum atomic E-state index is 12.3. The minimum absolute atomic E-state index is 0.0397. The molecule has 1 saturated heterocycles. The van der Waals surface area contributed by atoms with Crippen LogP contribution in [0.1, 0.15) is 17.5 Å². The number of hydrogen-bond acceptors (Lipinski definition) is 4. The van der Waals surface area contributed by atoms with Gasteiger partial charge in [-0.15, -0.1) is 0 Å². The number of anilines is 2. The number of aryl methyl sites for hydroxylation is 2. The van der Waals surface area contributed by atoms with E-state index >= 15 is 0 Å². The number of esters is 1. The average Bonchev–Trinajstić information content (AvgIpc) is 3.06. The molecule has 2 aromatic rings. The molecule has 1 heterocycles. The molecule has 3 rings (SSSR count). The standard InChI is InChI=1S/C21H20BrClN2O4/c1-12-6-16(7-13(2)20(12)22)24-18(26)11-29-21(28)14-8-19(27)25(10-14)17-5-3-4-15(23)9-17/h3-7,9,14H,8,10-11H2,1-2H3,(H,24,26)/t14-/m0/s1. The van der Waals surface area contributed by atoms with Crippen molar-refractivity contribution in [2.24, 2.45) is 5.92 Å². The molecule has 8 heteroatoms. The van der Waals surface area contributed by atoms with Gasteiger partial charge in [0.05, 0.1) is 5.92 Å². The second-order valence-electron chi connectivity index (χ2n) is 6.97. The van der Waals surface area contributed by atoms with Crippen molar-refractivity contribution in [2.75, 3.05) is 23.4 Å². The Kier molecular flexibility index (Phi) is 6.59. The summed E-state index contributed by atoms with van der Waals surface area (Å²) in [7, 11) is 0. The molecule has 6 nitrogen and oxygen atoms in total. The molecule has 0 bridgehead atoms. The molecular formula is C21H20BrClN2O4. The summed E-state index contributed by atoms with van der Waals surface area (Å²) < 4.78 is 6.12. The van der Waals surface area contributed by atoms with Gasteiger partial charge < -0.3 is 15.0 Å². The summed E-state index contributed by atoms with van der Waals surface area (Å²) in [6, 6.07) is 10.5. The van der Waals surface area contributed by atoms with E-state index < -0.39 is 24.4 Å². The molecule has 1 N–H and O–H groups in total. The summed E-state index contributed by atoms with van der Waals surface area (Å²) in [5.74, 6) is -1.80. The van der Waals surface area contributed by atoms with Crippen LogP contribution in [0.2, 0.25) is 5.02 Å². The first-order chi connectivity index (χ1) is 13.7. The van der Waals surface area contributed by atoms with Crippen LogP contribution in [0.3, 0.4) is 0 Å². The number of ether oxygens (including phenoxy) is 1. The van der Waals surface area contributed by atoms with Gasteiger partial charge in [-0.1, -0.05) is 33.6 Å².